The maximum absolute atomic E-state index is 12.0. The molecule has 0 saturated heterocycles. The minimum atomic E-state index is -0.422. The molecule has 0 aliphatic carbocycles. The van der Waals surface area contributed by atoms with Gasteiger partial charge >= 0.3 is 0 Å². The van der Waals surface area contributed by atoms with Crippen LogP contribution in [-0.4, -0.2) is 29.9 Å². The summed E-state index contributed by atoms with van der Waals surface area (Å²) in [6, 6.07) is 11.1. The van der Waals surface area contributed by atoms with Crippen LogP contribution in [0.2, 0.25) is 0 Å². The summed E-state index contributed by atoms with van der Waals surface area (Å²) >= 11 is 1.50. The fourth-order valence-corrected chi connectivity index (χ4v) is 3.05. The monoisotopic (exact) mass is 343 g/mol. The second-order valence-electron chi connectivity index (χ2n) is 5.18. The van der Waals surface area contributed by atoms with Gasteiger partial charge in [-0.15, -0.1) is 11.3 Å². The molecule has 0 fully saturated rings. The van der Waals surface area contributed by atoms with E-state index in [0.717, 1.165) is 21.6 Å². The SMILES string of the molecule is CCCNC(=O)CNC(=O)c1ccc(-c2nc3ccccc3s2)o1. The minimum Gasteiger partial charge on any atom is -0.448 e. The van der Waals surface area contributed by atoms with Gasteiger partial charge in [0.25, 0.3) is 5.91 Å². The third kappa shape index (κ3) is 3.62. The van der Waals surface area contributed by atoms with Crippen LogP contribution in [0, 0.1) is 0 Å². The number of carbonyl (C=O) groups excluding carboxylic acids is 2. The van der Waals surface area contributed by atoms with E-state index in [0.29, 0.717) is 12.3 Å². The van der Waals surface area contributed by atoms with Crippen molar-refractivity contribution >= 4 is 33.4 Å². The van der Waals surface area contributed by atoms with Gasteiger partial charge in [0.15, 0.2) is 16.5 Å². The standard InChI is InChI=1S/C17H17N3O3S/c1-2-9-18-15(21)10-19-16(22)12-7-8-13(23-12)17-20-11-5-3-4-6-14(11)24-17/h3-8H,2,9-10H2,1H3,(H,18,21)(H,19,22). The van der Waals surface area contributed by atoms with E-state index < -0.39 is 5.91 Å². The van der Waals surface area contributed by atoms with E-state index in [1.807, 2.05) is 31.2 Å². The lowest BCUT2D eigenvalue weighted by atomic mass is 10.3. The summed E-state index contributed by atoms with van der Waals surface area (Å²) in [6.45, 7) is 2.48. The molecular weight excluding hydrogens is 326 g/mol. The summed E-state index contributed by atoms with van der Waals surface area (Å²) in [5.41, 5.74) is 0.896. The quantitative estimate of drug-likeness (QED) is 0.721. The summed E-state index contributed by atoms with van der Waals surface area (Å²) in [5, 5.41) is 5.95. The fraction of sp³-hybridized carbons (Fsp3) is 0.235. The summed E-state index contributed by atoms with van der Waals surface area (Å²) in [6.07, 6.45) is 0.851. The van der Waals surface area contributed by atoms with Crippen LogP contribution < -0.4 is 10.6 Å². The Morgan fingerprint density at radius 3 is 2.79 bits per heavy atom. The first kappa shape index (κ1) is 16.2. The molecule has 2 heterocycles. The number of thiazole rings is 1. The van der Waals surface area contributed by atoms with Crippen molar-refractivity contribution in [1.29, 1.82) is 0 Å². The molecule has 0 radical (unpaired) electrons. The molecule has 0 spiro atoms. The number of aromatic nitrogens is 1. The summed E-state index contributed by atoms with van der Waals surface area (Å²) in [7, 11) is 0. The number of rotatable bonds is 6. The average molecular weight is 343 g/mol. The predicted octanol–water partition coefficient (Wildman–Crippen LogP) is 2.81. The van der Waals surface area contributed by atoms with Crippen LogP contribution >= 0.6 is 11.3 Å². The van der Waals surface area contributed by atoms with Crippen LogP contribution in [-0.2, 0) is 4.79 Å². The van der Waals surface area contributed by atoms with Crippen molar-refractivity contribution in [2.24, 2.45) is 0 Å². The number of hydrogen-bond donors (Lipinski definition) is 2. The highest BCUT2D eigenvalue weighted by atomic mass is 32.1. The number of furan rings is 1. The van der Waals surface area contributed by atoms with Gasteiger partial charge in [-0.2, -0.15) is 0 Å². The highest BCUT2D eigenvalue weighted by Gasteiger charge is 2.15. The molecule has 2 amide bonds. The molecular formula is C17H17N3O3S. The minimum absolute atomic E-state index is 0.0734. The predicted molar refractivity (Wildman–Crippen MR) is 93.0 cm³/mol. The van der Waals surface area contributed by atoms with Gasteiger partial charge in [-0.05, 0) is 30.7 Å². The Morgan fingerprint density at radius 2 is 2.00 bits per heavy atom. The van der Waals surface area contributed by atoms with E-state index in [-0.39, 0.29) is 18.2 Å². The number of nitrogens with zero attached hydrogens (tertiary/aromatic N) is 1. The first-order valence-corrected chi connectivity index (χ1v) is 8.49. The van der Waals surface area contributed by atoms with Crippen molar-refractivity contribution in [3.8, 4) is 10.8 Å². The molecule has 3 rings (SSSR count). The van der Waals surface area contributed by atoms with E-state index in [4.69, 9.17) is 4.42 Å². The van der Waals surface area contributed by atoms with Crippen molar-refractivity contribution in [2.45, 2.75) is 13.3 Å². The van der Waals surface area contributed by atoms with E-state index in [1.165, 1.54) is 11.3 Å². The van der Waals surface area contributed by atoms with Gasteiger partial charge in [0, 0.05) is 6.54 Å². The molecule has 24 heavy (non-hydrogen) atoms. The summed E-state index contributed by atoms with van der Waals surface area (Å²) in [4.78, 5) is 28.0. The lowest BCUT2D eigenvalue weighted by Crippen LogP contribution is -2.37. The van der Waals surface area contributed by atoms with Gasteiger partial charge < -0.3 is 15.1 Å². The first-order chi connectivity index (χ1) is 11.7. The first-order valence-electron chi connectivity index (χ1n) is 7.68. The molecule has 2 aromatic heterocycles. The second kappa shape index (κ2) is 7.27. The summed E-state index contributed by atoms with van der Waals surface area (Å²) < 4.78 is 6.64. The molecule has 6 nitrogen and oxygen atoms in total. The highest BCUT2D eigenvalue weighted by molar-refractivity contribution is 7.21. The van der Waals surface area contributed by atoms with Gasteiger partial charge in [0.2, 0.25) is 5.91 Å². The van der Waals surface area contributed by atoms with Crippen LogP contribution in [0.4, 0.5) is 0 Å². The van der Waals surface area contributed by atoms with E-state index >= 15 is 0 Å². The van der Waals surface area contributed by atoms with Gasteiger partial charge in [-0.25, -0.2) is 4.98 Å². The lowest BCUT2D eigenvalue weighted by molar-refractivity contribution is -0.120. The zero-order valence-electron chi connectivity index (χ0n) is 13.2. The Labute approximate surface area is 142 Å². The smallest absolute Gasteiger partial charge is 0.287 e. The number of fused-ring (bicyclic) bond motifs is 1. The zero-order chi connectivity index (χ0) is 16.9. The van der Waals surface area contributed by atoms with Gasteiger partial charge in [-0.1, -0.05) is 19.1 Å². The molecule has 0 bridgehead atoms. The van der Waals surface area contributed by atoms with E-state index in [1.54, 1.807) is 12.1 Å². The topological polar surface area (TPSA) is 84.2 Å². The Hall–Kier alpha value is -2.67. The summed E-state index contributed by atoms with van der Waals surface area (Å²) in [5.74, 6) is 0.0569. The number of carbonyl (C=O) groups is 2. The van der Waals surface area contributed by atoms with E-state index in [2.05, 4.69) is 15.6 Å². The van der Waals surface area contributed by atoms with E-state index in [9.17, 15) is 9.59 Å². The maximum atomic E-state index is 12.0. The number of para-hydroxylation sites is 1. The number of amides is 2. The van der Waals surface area contributed by atoms with Gasteiger partial charge in [-0.3, -0.25) is 9.59 Å². The number of hydrogen-bond acceptors (Lipinski definition) is 5. The molecule has 1 aromatic carbocycles. The van der Waals surface area contributed by atoms with Crippen LogP contribution in [0.15, 0.2) is 40.8 Å². The average Bonchev–Trinajstić information content (AvgIpc) is 3.23. The molecule has 124 valence electrons. The Balaban J connectivity index is 1.66. The Morgan fingerprint density at radius 1 is 1.17 bits per heavy atom. The normalized spacial score (nSPS) is 10.7. The Bertz CT molecular complexity index is 836. The number of nitrogens with one attached hydrogen (secondary N) is 2. The number of benzene rings is 1. The maximum Gasteiger partial charge on any atom is 0.287 e. The highest BCUT2D eigenvalue weighted by Crippen LogP contribution is 2.30. The van der Waals surface area contributed by atoms with Crippen molar-refractivity contribution in [3.63, 3.8) is 0 Å². The molecule has 0 aliphatic heterocycles. The molecule has 7 heteroatoms. The van der Waals surface area contributed by atoms with Crippen LogP contribution in [0.5, 0.6) is 0 Å². The van der Waals surface area contributed by atoms with Crippen molar-refractivity contribution in [1.82, 2.24) is 15.6 Å². The van der Waals surface area contributed by atoms with Crippen molar-refractivity contribution in [3.05, 3.63) is 42.2 Å². The van der Waals surface area contributed by atoms with Crippen molar-refractivity contribution < 1.29 is 14.0 Å². The van der Waals surface area contributed by atoms with Crippen molar-refractivity contribution in [2.75, 3.05) is 13.1 Å². The Kier molecular flexibility index (Phi) is 4.90. The molecule has 0 unspecified atom stereocenters. The third-order valence-corrected chi connectivity index (χ3v) is 4.37. The fourth-order valence-electron chi connectivity index (χ4n) is 2.13. The largest absolute Gasteiger partial charge is 0.448 e. The molecule has 0 atom stereocenters. The molecule has 0 saturated carbocycles. The molecule has 2 N–H and O–H groups in total. The second-order valence-corrected chi connectivity index (χ2v) is 6.21. The zero-order valence-corrected chi connectivity index (χ0v) is 14.0. The van der Waals surface area contributed by atoms with Crippen LogP contribution in [0.25, 0.3) is 21.0 Å². The van der Waals surface area contributed by atoms with Gasteiger partial charge in [0.05, 0.1) is 16.8 Å². The van der Waals surface area contributed by atoms with Crippen LogP contribution in [0.3, 0.4) is 0 Å². The molecule has 3 aromatic rings. The van der Waals surface area contributed by atoms with Gasteiger partial charge in [0.1, 0.15) is 0 Å². The molecule has 0 aliphatic rings. The van der Waals surface area contributed by atoms with Crippen LogP contribution in [0.1, 0.15) is 23.9 Å². The third-order valence-electron chi connectivity index (χ3n) is 3.32. The lowest BCUT2D eigenvalue weighted by Gasteiger charge is -2.04.